The van der Waals surface area contributed by atoms with Crippen LogP contribution in [0.4, 0.5) is 5.69 Å². The quantitative estimate of drug-likeness (QED) is 0.537. The number of carbonyl (C=O) groups is 1. The van der Waals surface area contributed by atoms with Crippen molar-refractivity contribution in [3.8, 4) is 0 Å². The molecule has 2 aromatic carbocycles. The van der Waals surface area contributed by atoms with Crippen molar-refractivity contribution in [1.82, 2.24) is 15.0 Å². The van der Waals surface area contributed by atoms with Gasteiger partial charge in [-0.05, 0) is 30.3 Å². The first kappa shape index (κ1) is 14.3. The van der Waals surface area contributed by atoms with Crippen molar-refractivity contribution in [1.29, 1.82) is 0 Å². The Morgan fingerprint density at radius 3 is 2.88 bits per heavy atom. The van der Waals surface area contributed by atoms with Crippen LogP contribution in [0.5, 0.6) is 0 Å². The van der Waals surface area contributed by atoms with E-state index >= 15 is 0 Å². The van der Waals surface area contributed by atoms with E-state index in [1.807, 2.05) is 24.3 Å². The van der Waals surface area contributed by atoms with Gasteiger partial charge in [-0.3, -0.25) is 9.78 Å². The predicted molar refractivity (Wildman–Crippen MR) is 89.9 cm³/mol. The third-order valence-corrected chi connectivity index (χ3v) is 3.73. The van der Waals surface area contributed by atoms with E-state index in [9.17, 15) is 9.59 Å². The van der Waals surface area contributed by atoms with E-state index in [0.29, 0.717) is 29.6 Å². The van der Waals surface area contributed by atoms with Gasteiger partial charge in [-0.2, -0.15) is 0 Å². The Labute approximate surface area is 135 Å². The first-order valence-corrected chi connectivity index (χ1v) is 7.54. The van der Waals surface area contributed by atoms with Crippen molar-refractivity contribution >= 4 is 33.7 Å². The molecule has 2 heterocycles. The van der Waals surface area contributed by atoms with E-state index < -0.39 is 5.76 Å². The largest absolute Gasteiger partial charge is 0.417 e. The summed E-state index contributed by atoms with van der Waals surface area (Å²) in [7, 11) is 0. The fourth-order valence-corrected chi connectivity index (χ4v) is 2.61. The number of aryl methyl sites for hydroxylation is 1. The summed E-state index contributed by atoms with van der Waals surface area (Å²) >= 11 is 0. The van der Waals surface area contributed by atoms with E-state index in [1.165, 1.54) is 0 Å². The second-order valence-electron chi connectivity index (χ2n) is 5.47. The maximum Gasteiger partial charge on any atom is 0.417 e. The van der Waals surface area contributed by atoms with E-state index in [-0.39, 0.29) is 5.91 Å². The number of oxazole rings is 1. The molecule has 0 aliphatic heterocycles. The van der Waals surface area contributed by atoms with Crippen LogP contribution in [0.2, 0.25) is 0 Å². The summed E-state index contributed by atoms with van der Waals surface area (Å²) in [5.74, 6) is 0.139. The Morgan fingerprint density at radius 2 is 2.00 bits per heavy atom. The van der Waals surface area contributed by atoms with Crippen molar-refractivity contribution in [3.05, 3.63) is 58.8 Å². The Hall–Kier alpha value is -3.35. The number of amides is 1. The fraction of sp³-hybridized carbons (Fsp3) is 0.118. The zero-order valence-corrected chi connectivity index (χ0v) is 12.6. The maximum absolute atomic E-state index is 12.1. The normalized spacial score (nSPS) is 11.2. The van der Waals surface area contributed by atoms with Gasteiger partial charge >= 0.3 is 5.76 Å². The highest BCUT2D eigenvalue weighted by atomic mass is 16.4. The minimum atomic E-state index is -0.515. The summed E-state index contributed by atoms with van der Waals surface area (Å²) in [6, 6.07) is 12.7. The number of fused-ring (bicyclic) bond motifs is 2. The predicted octanol–water partition coefficient (Wildman–Crippen LogP) is 2.57. The van der Waals surface area contributed by atoms with Crippen LogP contribution in [0.15, 0.2) is 51.7 Å². The molecule has 0 aliphatic carbocycles. The number of hydrogen-bond acceptors (Lipinski definition) is 4. The molecule has 120 valence electrons. The lowest BCUT2D eigenvalue weighted by Gasteiger charge is -2.04. The van der Waals surface area contributed by atoms with Gasteiger partial charge in [-0.1, -0.05) is 12.1 Å². The molecule has 4 aromatic rings. The molecule has 2 aromatic heterocycles. The Bertz CT molecular complexity index is 1060. The number of para-hydroxylation sites is 2. The number of anilines is 1. The van der Waals surface area contributed by atoms with Gasteiger partial charge < -0.3 is 14.7 Å². The summed E-state index contributed by atoms with van der Waals surface area (Å²) in [5, 5.41) is 2.80. The van der Waals surface area contributed by atoms with Crippen LogP contribution in [0, 0.1) is 0 Å². The first-order chi connectivity index (χ1) is 11.7. The summed E-state index contributed by atoms with van der Waals surface area (Å²) in [6.07, 6.45) is 0.824. The van der Waals surface area contributed by atoms with Gasteiger partial charge in [-0.15, -0.1) is 0 Å². The fourth-order valence-electron chi connectivity index (χ4n) is 2.61. The molecule has 7 nitrogen and oxygen atoms in total. The number of nitrogens with one attached hydrogen (secondary N) is 3. The van der Waals surface area contributed by atoms with Crippen molar-refractivity contribution in [2.45, 2.75) is 12.8 Å². The SMILES string of the molecule is O=C(CCc1nc2ccccc2[nH]1)Nc1ccc2oc(=O)[nH]c2c1. The molecule has 0 fully saturated rings. The molecule has 4 rings (SSSR count). The molecule has 0 atom stereocenters. The molecule has 0 aliphatic rings. The third kappa shape index (κ3) is 2.79. The van der Waals surface area contributed by atoms with Crippen LogP contribution >= 0.6 is 0 Å². The lowest BCUT2D eigenvalue weighted by molar-refractivity contribution is -0.116. The second kappa shape index (κ2) is 5.69. The molecule has 0 unspecified atom stereocenters. The molecule has 0 saturated heterocycles. The third-order valence-electron chi connectivity index (χ3n) is 3.73. The van der Waals surface area contributed by atoms with Gasteiger partial charge in [0.2, 0.25) is 5.91 Å². The van der Waals surface area contributed by atoms with Crippen molar-refractivity contribution in [3.63, 3.8) is 0 Å². The maximum atomic E-state index is 12.1. The number of carbonyl (C=O) groups excluding carboxylic acids is 1. The average Bonchev–Trinajstić information content (AvgIpc) is 3.14. The highest BCUT2D eigenvalue weighted by Crippen LogP contribution is 2.17. The standard InChI is InChI=1S/C17H14N4O3/c22-16(8-7-15-19-11-3-1-2-4-12(11)20-15)18-10-5-6-14-13(9-10)21-17(23)24-14/h1-6,9H,7-8H2,(H,18,22)(H,19,20)(H,21,23). The summed E-state index contributed by atoms with van der Waals surface area (Å²) in [4.78, 5) is 33.4. The van der Waals surface area contributed by atoms with Crippen molar-refractivity contribution in [2.75, 3.05) is 5.32 Å². The first-order valence-electron chi connectivity index (χ1n) is 7.54. The molecule has 0 bridgehead atoms. The van der Waals surface area contributed by atoms with Crippen LogP contribution in [0.25, 0.3) is 22.1 Å². The lowest BCUT2D eigenvalue weighted by atomic mass is 10.2. The highest BCUT2D eigenvalue weighted by Gasteiger charge is 2.08. The highest BCUT2D eigenvalue weighted by molar-refractivity contribution is 5.92. The Morgan fingerprint density at radius 1 is 1.12 bits per heavy atom. The van der Waals surface area contributed by atoms with Crippen LogP contribution in [-0.2, 0) is 11.2 Å². The number of aromatic nitrogens is 3. The number of hydrogen-bond donors (Lipinski definition) is 3. The Balaban J connectivity index is 1.42. The van der Waals surface area contributed by atoms with Crippen LogP contribution in [-0.4, -0.2) is 20.9 Å². The number of H-pyrrole nitrogens is 2. The van der Waals surface area contributed by atoms with Crippen LogP contribution in [0.1, 0.15) is 12.2 Å². The molecular weight excluding hydrogens is 308 g/mol. The zero-order chi connectivity index (χ0) is 16.5. The van der Waals surface area contributed by atoms with Crippen LogP contribution in [0.3, 0.4) is 0 Å². The summed E-state index contributed by atoms with van der Waals surface area (Å²) < 4.78 is 4.93. The molecule has 0 radical (unpaired) electrons. The zero-order valence-electron chi connectivity index (χ0n) is 12.6. The topological polar surface area (TPSA) is 104 Å². The number of nitrogens with zero attached hydrogens (tertiary/aromatic N) is 1. The average molecular weight is 322 g/mol. The molecule has 7 heteroatoms. The Kier molecular flexibility index (Phi) is 3.38. The van der Waals surface area contributed by atoms with E-state index in [0.717, 1.165) is 16.9 Å². The number of imidazole rings is 1. The van der Waals surface area contributed by atoms with Gasteiger partial charge in [-0.25, -0.2) is 9.78 Å². The monoisotopic (exact) mass is 322 g/mol. The molecule has 3 N–H and O–H groups in total. The van der Waals surface area contributed by atoms with Gasteiger partial charge in [0, 0.05) is 18.5 Å². The molecule has 0 saturated carbocycles. The molecule has 0 spiro atoms. The number of rotatable bonds is 4. The number of benzene rings is 2. The van der Waals surface area contributed by atoms with Gasteiger partial charge in [0.1, 0.15) is 5.82 Å². The second-order valence-corrected chi connectivity index (χ2v) is 5.47. The van der Waals surface area contributed by atoms with Gasteiger partial charge in [0.05, 0.1) is 16.6 Å². The summed E-state index contributed by atoms with van der Waals surface area (Å²) in [6.45, 7) is 0. The minimum absolute atomic E-state index is 0.124. The minimum Gasteiger partial charge on any atom is -0.408 e. The van der Waals surface area contributed by atoms with E-state index in [1.54, 1.807) is 18.2 Å². The lowest BCUT2D eigenvalue weighted by Crippen LogP contribution is -2.12. The van der Waals surface area contributed by atoms with Crippen molar-refractivity contribution < 1.29 is 9.21 Å². The van der Waals surface area contributed by atoms with E-state index in [2.05, 4.69) is 20.3 Å². The van der Waals surface area contributed by atoms with E-state index in [4.69, 9.17) is 4.42 Å². The molecule has 1 amide bonds. The smallest absolute Gasteiger partial charge is 0.408 e. The molecule has 24 heavy (non-hydrogen) atoms. The van der Waals surface area contributed by atoms with Gasteiger partial charge in [0.25, 0.3) is 0 Å². The number of aromatic amines is 2. The summed E-state index contributed by atoms with van der Waals surface area (Å²) in [5.41, 5.74) is 3.47. The van der Waals surface area contributed by atoms with Crippen molar-refractivity contribution in [2.24, 2.45) is 0 Å². The van der Waals surface area contributed by atoms with Gasteiger partial charge in [0.15, 0.2) is 5.58 Å². The molecular formula is C17H14N4O3. The van der Waals surface area contributed by atoms with Crippen LogP contribution < -0.4 is 11.1 Å².